The molecule has 0 aliphatic carbocycles. The lowest BCUT2D eigenvalue weighted by molar-refractivity contribution is -0.0312. The van der Waals surface area contributed by atoms with Crippen LogP contribution in [-0.4, -0.2) is 94.0 Å². The predicted octanol–water partition coefficient (Wildman–Crippen LogP) is 1.50. The zero-order valence-electron chi connectivity index (χ0n) is 23.5. The molecule has 2 aromatic carbocycles. The molecule has 2 atom stereocenters. The Balaban J connectivity index is 1.13. The first-order valence-electron chi connectivity index (χ1n) is 13.7. The van der Waals surface area contributed by atoms with Crippen LogP contribution in [0.2, 0.25) is 0 Å². The number of aliphatic hydroxyl groups excluding tert-OH is 1. The Morgan fingerprint density at radius 3 is 2.67 bits per heavy atom. The van der Waals surface area contributed by atoms with Gasteiger partial charge in [0.15, 0.2) is 0 Å². The van der Waals surface area contributed by atoms with Gasteiger partial charge in [-0.15, -0.1) is 0 Å². The zero-order chi connectivity index (χ0) is 30.1. The van der Waals surface area contributed by atoms with Crippen molar-refractivity contribution in [3.63, 3.8) is 0 Å². The van der Waals surface area contributed by atoms with Gasteiger partial charge in [-0.05, 0) is 69.1 Å². The largest absolute Gasteiger partial charge is 0.507 e. The third kappa shape index (κ3) is 6.39. The number of benzene rings is 2. The minimum Gasteiger partial charge on any atom is -0.507 e. The number of aromatic nitrogens is 1. The van der Waals surface area contributed by atoms with Crippen LogP contribution in [0, 0.1) is 6.92 Å². The molecule has 0 saturated carbocycles. The minimum absolute atomic E-state index is 0.0125. The summed E-state index contributed by atoms with van der Waals surface area (Å²) in [5, 5.41) is 24.4. The second kappa shape index (κ2) is 12.0. The Labute approximate surface area is 245 Å². The molecular weight excluding hydrogens is 584 g/mol. The summed E-state index contributed by atoms with van der Waals surface area (Å²) in [5.41, 5.74) is 0.518. The van der Waals surface area contributed by atoms with Crippen LogP contribution in [0.3, 0.4) is 0 Å². The molecule has 12 nitrogen and oxygen atoms in total. The van der Waals surface area contributed by atoms with Crippen LogP contribution >= 0.6 is 0 Å². The number of nitrogens with zero attached hydrogens (tertiary/aromatic N) is 2. The molecule has 0 amide bonds. The van der Waals surface area contributed by atoms with Crippen LogP contribution < -0.4 is 14.8 Å². The van der Waals surface area contributed by atoms with E-state index in [1.54, 1.807) is 31.2 Å². The van der Waals surface area contributed by atoms with Gasteiger partial charge in [-0.25, -0.2) is 21.6 Å². The van der Waals surface area contributed by atoms with Crippen LogP contribution in [0.5, 0.6) is 11.5 Å². The number of hydrogen-bond donors (Lipinski definition) is 4. The number of ether oxygens (including phenoxy) is 2. The van der Waals surface area contributed by atoms with Gasteiger partial charge in [0.05, 0.1) is 22.6 Å². The van der Waals surface area contributed by atoms with E-state index in [2.05, 4.69) is 15.0 Å². The highest BCUT2D eigenvalue weighted by Crippen LogP contribution is 2.38. The van der Waals surface area contributed by atoms with Crippen LogP contribution in [0.4, 0.5) is 0 Å². The maximum absolute atomic E-state index is 13.6. The van der Waals surface area contributed by atoms with Gasteiger partial charge in [0, 0.05) is 43.3 Å². The molecule has 4 N–H and O–H groups in total. The van der Waals surface area contributed by atoms with E-state index in [0.717, 1.165) is 0 Å². The van der Waals surface area contributed by atoms with E-state index < -0.39 is 31.8 Å². The fourth-order valence-electron chi connectivity index (χ4n) is 5.54. The molecule has 5 rings (SSSR count). The highest BCUT2D eigenvalue weighted by Gasteiger charge is 2.45. The number of rotatable bonds is 10. The molecule has 1 aromatic heterocycles. The monoisotopic (exact) mass is 620 g/mol. The summed E-state index contributed by atoms with van der Waals surface area (Å²) < 4.78 is 66.7. The standard InChI is InChI=1S/C28H36N4O8S2/c1-19-12-24-25(34)6-9-30-27(24)26(13-19)42(37,38)32-10-7-28(8-11-32)15-20(17-40-28)31-16-21(33)18-39-22-4-3-5-23(14-22)41(35,36)29-2/h3-6,9,12-14,20-21,29,31,33H,7-8,10-11,15-18H2,1-2H3,(H,30,34)/t20-,21+/m1/s1. The first kappa shape index (κ1) is 30.6. The molecule has 2 fully saturated rings. The molecule has 1 spiro atoms. The summed E-state index contributed by atoms with van der Waals surface area (Å²) in [6.45, 7) is 3.04. The number of sulfonamides is 2. The first-order valence-corrected chi connectivity index (χ1v) is 16.7. The van der Waals surface area contributed by atoms with E-state index in [4.69, 9.17) is 9.47 Å². The normalized spacial score (nSPS) is 20.2. The van der Waals surface area contributed by atoms with Gasteiger partial charge >= 0.3 is 0 Å². The number of fused-ring (bicyclic) bond motifs is 1. The van der Waals surface area contributed by atoms with Crippen molar-refractivity contribution < 1.29 is 36.5 Å². The van der Waals surface area contributed by atoms with Crippen LogP contribution in [0.25, 0.3) is 10.9 Å². The molecule has 3 heterocycles. The van der Waals surface area contributed by atoms with Crippen molar-refractivity contribution in [1.82, 2.24) is 19.3 Å². The molecule has 14 heteroatoms. The van der Waals surface area contributed by atoms with Crippen molar-refractivity contribution >= 4 is 30.9 Å². The van der Waals surface area contributed by atoms with E-state index in [1.807, 2.05) is 0 Å². The Kier molecular flexibility index (Phi) is 8.77. The lowest BCUT2D eigenvalue weighted by Crippen LogP contribution is -2.47. The van der Waals surface area contributed by atoms with Crippen LogP contribution in [0.1, 0.15) is 24.8 Å². The van der Waals surface area contributed by atoms with Crippen molar-refractivity contribution in [2.75, 3.05) is 39.9 Å². The second-order valence-corrected chi connectivity index (χ2v) is 14.6. The Morgan fingerprint density at radius 2 is 1.93 bits per heavy atom. The summed E-state index contributed by atoms with van der Waals surface area (Å²) in [7, 11) is -6.11. The van der Waals surface area contributed by atoms with E-state index in [9.17, 15) is 27.0 Å². The number of aryl methyl sites for hydroxylation is 1. The van der Waals surface area contributed by atoms with Crippen molar-refractivity contribution in [2.45, 2.75) is 53.7 Å². The molecule has 2 aliphatic heterocycles. The quantitative estimate of drug-likeness (QED) is 0.261. The van der Waals surface area contributed by atoms with Crippen LogP contribution in [-0.2, 0) is 24.8 Å². The fraction of sp³-hybridized carbons (Fsp3) is 0.464. The molecule has 3 aromatic rings. The van der Waals surface area contributed by atoms with Crippen molar-refractivity contribution in [3.8, 4) is 11.5 Å². The van der Waals surface area contributed by atoms with Crippen molar-refractivity contribution in [1.29, 1.82) is 0 Å². The summed E-state index contributed by atoms with van der Waals surface area (Å²) in [6, 6.07) is 10.8. The van der Waals surface area contributed by atoms with Gasteiger partial charge in [0.1, 0.15) is 29.1 Å². The maximum Gasteiger partial charge on any atom is 0.245 e. The highest BCUT2D eigenvalue weighted by atomic mass is 32.2. The average Bonchev–Trinajstić information content (AvgIpc) is 3.37. The number of hydrogen-bond acceptors (Lipinski definition) is 10. The topological polar surface area (TPSA) is 167 Å². The number of aromatic hydroxyl groups is 1. The minimum atomic E-state index is -3.85. The smallest absolute Gasteiger partial charge is 0.245 e. The lowest BCUT2D eigenvalue weighted by atomic mass is 9.88. The van der Waals surface area contributed by atoms with Crippen LogP contribution in [0.15, 0.2) is 58.5 Å². The average molecular weight is 621 g/mol. The Bertz CT molecular complexity index is 1660. The number of pyridine rings is 1. The van der Waals surface area contributed by atoms with Gasteiger partial charge in [0.2, 0.25) is 20.0 Å². The van der Waals surface area contributed by atoms with E-state index >= 15 is 0 Å². The van der Waals surface area contributed by atoms with E-state index in [-0.39, 0.29) is 40.3 Å². The van der Waals surface area contributed by atoms with Gasteiger partial charge in [-0.1, -0.05) is 6.07 Å². The molecule has 2 aliphatic rings. The molecular formula is C28H36N4O8S2. The summed E-state index contributed by atoms with van der Waals surface area (Å²) >= 11 is 0. The number of nitrogens with one attached hydrogen (secondary N) is 2. The molecule has 42 heavy (non-hydrogen) atoms. The molecule has 228 valence electrons. The summed E-state index contributed by atoms with van der Waals surface area (Å²) in [4.78, 5) is 4.41. The van der Waals surface area contributed by atoms with Gasteiger partial charge in [-0.3, -0.25) is 4.98 Å². The second-order valence-electron chi connectivity index (χ2n) is 10.8. The molecule has 0 unspecified atom stereocenters. The Morgan fingerprint density at radius 1 is 1.17 bits per heavy atom. The lowest BCUT2D eigenvalue weighted by Gasteiger charge is -2.38. The predicted molar refractivity (Wildman–Crippen MR) is 155 cm³/mol. The zero-order valence-corrected chi connectivity index (χ0v) is 25.1. The van der Waals surface area contributed by atoms with Gasteiger partial charge in [0.25, 0.3) is 0 Å². The third-order valence-electron chi connectivity index (χ3n) is 7.86. The molecule has 0 radical (unpaired) electrons. The fourth-order valence-corrected chi connectivity index (χ4v) is 7.99. The van der Waals surface area contributed by atoms with Gasteiger partial charge < -0.3 is 25.0 Å². The summed E-state index contributed by atoms with van der Waals surface area (Å²) in [5.74, 6) is 0.322. The van der Waals surface area contributed by atoms with E-state index in [0.29, 0.717) is 55.7 Å². The SMILES string of the molecule is CNS(=O)(=O)c1cccc(OC[C@@H](O)CN[C@H]2COC3(CCN(S(=O)(=O)c4cc(C)cc5c(O)ccnc45)CC3)C2)c1. The highest BCUT2D eigenvalue weighted by molar-refractivity contribution is 7.89. The van der Waals surface area contributed by atoms with Crippen molar-refractivity contribution in [2.24, 2.45) is 0 Å². The Hall–Kier alpha value is -2.85. The first-order chi connectivity index (χ1) is 19.9. The third-order valence-corrected chi connectivity index (χ3v) is 11.2. The number of aliphatic hydroxyl groups is 1. The summed E-state index contributed by atoms with van der Waals surface area (Å²) in [6.07, 6.45) is 2.31. The molecule has 2 saturated heterocycles. The maximum atomic E-state index is 13.6. The van der Waals surface area contributed by atoms with E-state index in [1.165, 1.54) is 35.7 Å². The molecule has 0 bridgehead atoms. The van der Waals surface area contributed by atoms with Gasteiger partial charge in [-0.2, -0.15) is 4.31 Å². The number of piperidine rings is 1. The van der Waals surface area contributed by atoms with Crippen molar-refractivity contribution in [3.05, 3.63) is 54.2 Å².